The minimum atomic E-state index is -0.887. The molecule has 1 aromatic rings. The zero-order valence-corrected chi connectivity index (χ0v) is 10.9. The van der Waals surface area contributed by atoms with Gasteiger partial charge in [0.15, 0.2) is 0 Å². The third kappa shape index (κ3) is 1.94. The zero-order valence-electron chi connectivity index (χ0n) is 10.9. The van der Waals surface area contributed by atoms with Crippen molar-refractivity contribution in [2.45, 2.75) is 52.0 Å². The van der Waals surface area contributed by atoms with E-state index in [9.17, 15) is 9.59 Å². The Balaban J connectivity index is 2.59. The fraction of sp³-hybridized carbons (Fsp3) is 0.615. The Morgan fingerprint density at radius 2 is 2.06 bits per heavy atom. The van der Waals surface area contributed by atoms with Crippen LogP contribution >= 0.6 is 0 Å². The van der Waals surface area contributed by atoms with Crippen molar-refractivity contribution in [3.8, 4) is 0 Å². The van der Waals surface area contributed by atoms with E-state index in [1.165, 1.54) is 0 Å². The van der Waals surface area contributed by atoms with Crippen LogP contribution in [-0.2, 0) is 4.79 Å². The molecule has 0 saturated heterocycles. The minimum Gasteiger partial charge on any atom is -0.481 e. The van der Waals surface area contributed by atoms with Crippen LogP contribution in [0.4, 0.5) is 0 Å². The van der Waals surface area contributed by atoms with Crippen molar-refractivity contribution >= 4 is 5.97 Å². The Morgan fingerprint density at radius 1 is 1.44 bits per heavy atom. The van der Waals surface area contributed by atoms with Crippen molar-refractivity contribution in [3.63, 3.8) is 0 Å². The second-order valence-electron chi connectivity index (χ2n) is 4.99. The van der Waals surface area contributed by atoms with Gasteiger partial charge in [0.1, 0.15) is 0 Å². The molecular weight excluding hydrogens is 232 g/mol. The van der Waals surface area contributed by atoms with Gasteiger partial charge in [0.2, 0.25) is 0 Å². The van der Waals surface area contributed by atoms with Crippen LogP contribution in [0.1, 0.15) is 55.1 Å². The molecule has 5 nitrogen and oxygen atoms in total. The molecule has 2 rings (SSSR count). The summed E-state index contributed by atoms with van der Waals surface area (Å²) in [5.41, 5.74) is 1.71. The molecule has 0 amide bonds. The molecule has 0 spiro atoms. The number of aliphatic carboxylic acids is 1. The Kier molecular flexibility index (Phi) is 3.24. The molecule has 0 radical (unpaired) electrons. The third-order valence-electron chi connectivity index (χ3n) is 3.85. The summed E-state index contributed by atoms with van der Waals surface area (Å²) in [5, 5.41) is 9.14. The maximum absolute atomic E-state index is 11.9. The van der Waals surface area contributed by atoms with Crippen LogP contribution in [0.25, 0.3) is 0 Å². The SMILES string of the molecule is Cc1nc(=O)n(C2CCC2)c(C)c1C(C)C(=O)O. The molecule has 1 saturated carbocycles. The molecule has 1 fully saturated rings. The highest BCUT2D eigenvalue weighted by atomic mass is 16.4. The number of hydrogen-bond donors (Lipinski definition) is 1. The number of carboxylic acid groups (broad SMARTS) is 1. The van der Waals surface area contributed by atoms with E-state index < -0.39 is 11.9 Å². The average Bonchev–Trinajstić information content (AvgIpc) is 2.20. The highest BCUT2D eigenvalue weighted by Gasteiger charge is 2.27. The van der Waals surface area contributed by atoms with E-state index in [0.717, 1.165) is 25.0 Å². The van der Waals surface area contributed by atoms with Crippen LogP contribution in [0.2, 0.25) is 0 Å². The maximum atomic E-state index is 11.9. The van der Waals surface area contributed by atoms with E-state index in [0.29, 0.717) is 11.3 Å². The summed E-state index contributed by atoms with van der Waals surface area (Å²) in [6, 6.07) is 0.199. The van der Waals surface area contributed by atoms with Crippen LogP contribution < -0.4 is 5.69 Å². The summed E-state index contributed by atoms with van der Waals surface area (Å²) in [6.07, 6.45) is 3.08. The molecule has 1 N–H and O–H groups in total. The lowest BCUT2D eigenvalue weighted by Gasteiger charge is -2.30. The van der Waals surface area contributed by atoms with Gasteiger partial charge < -0.3 is 5.11 Å². The lowest BCUT2D eigenvalue weighted by molar-refractivity contribution is -0.138. The Labute approximate surface area is 105 Å². The molecule has 0 aromatic carbocycles. The van der Waals surface area contributed by atoms with Crippen molar-refractivity contribution in [1.82, 2.24) is 9.55 Å². The number of nitrogens with zero attached hydrogens (tertiary/aromatic N) is 2. The first-order chi connectivity index (χ1) is 8.43. The van der Waals surface area contributed by atoms with Crippen LogP contribution in [0.15, 0.2) is 4.79 Å². The van der Waals surface area contributed by atoms with Gasteiger partial charge in [0, 0.05) is 23.0 Å². The van der Waals surface area contributed by atoms with Gasteiger partial charge in [-0.1, -0.05) is 0 Å². The average molecular weight is 250 g/mol. The Morgan fingerprint density at radius 3 is 2.50 bits per heavy atom. The molecule has 1 unspecified atom stereocenters. The zero-order chi connectivity index (χ0) is 13.4. The molecule has 1 aromatic heterocycles. The second kappa shape index (κ2) is 4.55. The number of aryl methyl sites for hydroxylation is 1. The van der Waals surface area contributed by atoms with E-state index in [1.54, 1.807) is 18.4 Å². The largest absolute Gasteiger partial charge is 0.481 e. The highest BCUT2D eigenvalue weighted by molar-refractivity contribution is 5.76. The molecule has 1 aliphatic carbocycles. The minimum absolute atomic E-state index is 0.199. The number of aromatic nitrogens is 2. The lowest BCUT2D eigenvalue weighted by Crippen LogP contribution is -2.34. The van der Waals surface area contributed by atoms with E-state index in [1.807, 2.05) is 6.92 Å². The first kappa shape index (κ1) is 12.8. The van der Waals surface area contributed by atoms with Gasteiger partial charge in [-0.05, 0) is 40.0 Å². The van der Waals surface area contributed by atoms with Gasteiger partial charge in [-0.25, -0.2) is 4.79 Å². The standard InChI is InChI=1S/C13H18N2O3/c1-7(12(16)17)11-8(2)14-13(18)15(9(11)3)10-5-4-6-10/h7,10H,4-6H2,1-3H3,(H,16,17). The number of carboxylic acids is 1. The molecule has 18 heavy (non-hydrogen) atoms. The van der Waals surface area contributed by atoms with Crippen LogP contribution in [-0.4, -0.2) is 20.6 Å². The summed E-state index contributed by atoms with van der Waals surface area (Å²) in [5.74, 6) is -1.52. The van der Waals surface area contributed by atoms with E-state index >= 15 is 0 Å². The Bertz CT molecular complexity index is 544. The van der Waals surface area contributed by atoms with E-state index in [4.69, 9.17) is 5.11 Å². The van der Waals surface area contributed by atoms with Gasteiger partial charge in [-0.15, -0.1) is 0 Å². The van der Waals surface area contributed by atoms with Gasteiger partial charge >= 0.3 is 11.7 Å². The third-order valence-corrected chi connectivity index (χ3v) is 3.85. The molecular formula is C13H18N2O3. The monoisotopic (exact) mass is 250 g/mol. The van der Waals surface area contributed by atoms with Crippen LogP contribution in [0, 0.1) is 13.8 Å². The first-order valence-corrected chi connectivity index (χ1v) is 6.26. The fourth-order valence-corrected chi connectivity index (χ4v) is 2.62. The predicted molar refractivity (Wildman–Crippen MR) is 66.9 cm³/mol. The molecule has 1 atom stereocenters. The summed E-state index contributed by atoms with van der Waals surface area (Å²) < 4.78 is 1.67. The fourth-order valence-electron chi connectivity index (χ4n) is 2.62. The predicted octanol–water partition coefficient (Wildman–Crippen LogP) is 1.77. The quantitative estimate of drug-likeness (QED) is 0.887. The summed E-state index contributed by atoms with van der Waals surface area (Å²) in [4.78, 5) is 27.1. The molecule has 98 valence electrons. The number of carbonyl (C=O) groups is 1. The molecule has 1 aliphatic rings. The van der Waals surface area contributed by atoms with Crippen molar-refractivity contribution < 1.29 is 9.90 Å². The molecule has 0 aliphatic heterocycles. The van der Waals surface area contributed by atoms with Crippen molar-refractivity contribution in [2.75, 3.05) is 0 Å². The topological polar surface area (TPSA) is 72.2 Å². The van der Waals surface area contributed by atoms with Gasteiger partial charge in [0.05, 0.1) is 5.92 Å². The number of rotatable bonds is 3. The summed E-state index contributed by atoms with van der Waals surface area (Å²) in [7, 11) is 0. The van der Waals surface area contributed by atoms with Crippen molar-refractivity contribution in [2.24, 2.45) is 0 Å². The first-order valence-electron chi connectivity index (χ1n) is 6.26. The van der Waals surface area contributed by atoms with Gasteiger partial charge in [-0.2, -0.15) is 4.98 Å². The van der Waals surface area contributed by atoms with Crippen LogP contribution in [0.5, 0.6) is 0 Å². The highest BCUT2D eigenvalue weighted by Crippen LogP contribution is 2.33. The molecule has 1 heterocycles. The summed E-state index contributed by atoms with van der Waals surface area (Å²) >= 11 is 0. The summed E-state index contributed by atoms with van der Waals surface area (Å²) in [6.45, 7) is 5.16. The molecule has 5 heteroatoms. The number of hydrogen-bond acceptors (Lipinski definition) is 3. The van der Waals surface area contributed by atoms with E-state index in [2.05, 4.69) is 4.98 Å². The molecule has 0 bridgehead atoms. The normalized spacial score (nSPS) is 17.3. The lowest BCUT2D eigenvalue weighted by atomic mass is 9.91. The van der Waals surface area contributed by atoms with Gasteiger partial charge in [-0.3, -0.25) is 9.36 Å². The Hall–Kier alpha value is -1.65. The maximum Gasteiger partial charge on any atom is 0.348 e. The van der Waals surface area contributed by atoms with Crippen molar-refractivity contribution in [3.05, 3.63) is 27.4 Å². The van der Waals surface area contributed by atoms with E-state index in [-0.39, 0.29) is 11.7 Å². The second-order valence-corrected chi connectivity index (χ2v) is 4.99. The smallest absolute Gasteiger partial charge is 0.348 e. The van der Waals surface area contributed by atoms with Crippen LogP contribution in [0.3, 0.4) is 0 Å². The van der Waals surface area contributed by atoms with Gasteiger partial charge in [0.25, 0.3) is 0 Å². The van der Waals surface area contributed by atoms with Crippen molar-refractivity contribution in [1.29, 1.82) is 0 Å².